The van der Waals surface area contributed by atoms with Crippen LogP contribution in [0.1, 0.15) is 38.4 Å². The van der Waals surface area contributed by atoms with Crippen LogP contribution < -0.4 is 5.32 Å². The van der Waals surface area contributed by atoms with Crippen molar-refractivity contribution >= 4 is 11.2 Å². The lowest BCUT2D eigenvalue weighted by Crippen LogP contribution is -2.28. The molecule has 0 spiro atoms. The molecular formula is C15H22N4. The molecule has 19 heavy (non-hydrogen) atoms. The molecule has 1 aliphatic rings. The molecule has 1 N–H and O–H groups in total. The van der Waals surface area contributed by atoms with Crippen LogP contribution in [0.4, 0.5) is 0 Å². The molecule has 0 aliphatic carbocycles. The van der Waals surface area contributed by atoms with Crippen molar-refractivity contribution in [2.45, 2.75) is 39.2 Å². The predicted octanol–water partition coefficient (Wildman–Crippen LogP) is 2.55. The summed E-state index contributed by atoms with van der Waals surface area (Å²) in [7, 11) is 0. The summed E-state index contributed by atoms with van der Waals surface area (Å²) < 4.78 is 2.34. The molecule has 4 nitrogen and oxygen atoms in total. The number of rotatable bonds is 3. The number of hydrogen-bond donors (Lipinski definition) is 1. The second-order valence-corrected chi connectivity index (χ2v) is 5.84. The Balaban J connectivity index is 2.05. The van der Waals surface area contributed by atoms with E-state index in [9.17, 15) is 0 Å². The van der Waals surface area contributed by atoms with Crippen LogP contribution in [0.25, 0.3) is 11.2 Å². The van der Waals surface area contributed by atoms with Crippen LogP contribution in [0.5, 0.6) is 0 Å². The summed E-state index contributed by atoms with van der Waals surface area (Å²) in [5.74, 6) is 2.43. The fourth-order valence-corrected chi connectivity index (χ4v) is 2.91. The van der Waals surface area contributed by atoms with Crippen molar-refractivity contribution in [1.82, 2.24) is 19.9 Å². The highest BCUT2D eigenvalue weighted by molar-refractivity contribution is 5.71. The first-order valence-corrected chi connectivity index (χ1v) is 7.27. The van der Waals surface area contributed by atoms with E-state index in [-0.39, 0.29) is 0 Å². The molecular weight excluding hydrogens is 236 g/mol. The normalized spacial score (nSPS) is 17.4. The largest absolute Gasteiger partial charge is 0.317 e. The molecule has 0 unspecified atom stereocenters. The van der Waals surface area contributed by atoms with Gasteiger partial charge < -0.3 is 9.88 Å². The van der Waals surface area contributed by atoms with Crippen LogP contribution >= 0.6 is 0 Å². The molecule has 0 amide bonds. The maximum Gasteiger partial charge on any atom is 0.159 e. The van der Waals surface area contributed by atoms with Crippen molar-refractivity contribution in [1.29, 1.82) is 0 Å². The smallest absolute Gasteiger partial charge is 0.159 e. The number of piperidine rings is 1. The molecule has 2 aromatic rings. The van der Waals surface area contributed by atoms with Gasteiger partial charge in [-0.1, -0.05) is 13.8 Å². The van der Waals surface area contributed by atoms with E-state index in [2.05, 4.69) is 34.8 Å². The highest BCUT2D eigenvalue weighted by Crippen LogP contribution is 2.28. The van der Waals surface area contributed by atoms with E-state index < -0.39 is 0 Å². The summed E-state index contributed by atoms with van der Waals surface area (Å²) in [6, 6.07) is 4.05. The Morgan fingerprint density at radius 1 is 1.37 bits per heavy atom. The third kappa shape index (κ3) is 2.50. The summed E-state index contributed by atoms with van der Waals surface area (Å²) >= 11 is 0. The van der Waals surface area contributed by atoms with Gasteiger partial charge >= 0.3 is 0 Å². The number of fused-ring (bicyclic) bond motifs is 1. The molecule has 1 saturated heterocycles. The van der Waals surface area contributed by atoms with Crippen molar-refractivity contribution < 1.29 is 0 Å². The summed E-state index contributed by atoms with van der Waals surface area (Å²) in [4.78, 5) is 9.40. The molecule has 0 saturated carbocycles. The number of nitrogens with one attached hydrogen (secondary N) is 1. The molecule has 102 valence electrons. The van der Waals surface area contributed by atoms with Crippen LogP contribution in [0.2, 0.25) is 0 Å². The van der Waals surface area contributed by atoms with Crippen LogP contribution in [-0.2, 0) is 6.54 Å². The van der Waals surface area contributed by atoms with Gasteiger partial charge in [-0.25, -0.2) is 9.97 Å². The van der Waals surface area contributed by atoms with Crippen LogP contribution in [-0.4, -0.2) is 27.6 Å². The quantitative estimate of drug-likeness (QED) is 0.920. The third-order valence-corrected chi connectivity index (χ3v) is 3.79. The van der Waals surface area contributed by atoms with E-state index in [4.69, 9.17) is 4.98 Å². The van der Waals surface area contributed by atoms with Gasteiger partial charge in [0.2, 0.25) is 0 Å². The van der Waals surface area contributed by atoms with E-state index >= 15 is 0 Å². The first-order valence-electron chi connectivity index (χ1n) is 7.27. The van der Waals surface area contributed by atoms with Gasteiger partial charge in [0, 0.05) is 18.7 Å². The molecule has 3 heterocycles. The first-order chi connectivity index (χ1) is 9.25. The van der Waals surface area contributed by atoms with Gasteiger partial charge in [0.15, 0.2) is 5.65 Å². The van der Waals surface area contributed by atoms with Gasteiger partial charge in [-0.15, -0.1) is 0 Å². The lowest BCUT2D eigenvalue weighted by Gasteiger charge is -2.23. The average Bonchev–Trinajstić information content (AvgIpc) is 2.78. The number of aromatic nitrogens is 3. The monoisotopic (exact) mass is 258 g/mol. The molecule has 3 rings (SSSR count). The van der Waals surface area contributed by atoms with Gasteiger partial charge in [-0.3, -0.25) is 0 Å². The van der Waals surface area contributed by atoms with Crippen LogP contribution in [0.15, 0.2) is 18.3 Å². The van der Waals surface area contributed by atoms with Crippen LogP contribution in [0, 0.1) is 5.92 Å². The van der Waals surface area contributed by atoms with Gasteiger partial charge in [-0.05, 0) is 44.0 Å². The summed E-state index contributed by atoms with van der Waals surface area (Å²) in [6.07, 6.45) is 4.23. The molecule has 0 radical (unpaired) electrons. The number of pyridine rings is 1. The minimum Gasteiger partial charge on any atom is -0.317 e. The molecule has 4 heteroatoms. The lowest BCUT2D eigenvalue weighted by molar-refractivity contribution is 0.418. The molecule has 0 bridgehead atoms. The van der Waals surface area contributed by atoms with Crippen molar-refractivity contribution in [3.8, 4) is 0 Å². The molecule has 2 aromatic heterocycles. The lowest BCUT2D eigenvalue weighted by atomic mass is 9.97. The first kappa shape index (κ1) is 12.6. The number of imidazole rings is 1. The van der Waals surface area contributed by atoms with E-state index in [1.54, 1.807) is 0 Å². The van der Waals surface area contributed by atoms with Crippen molar-refractivity contribution in [2.24, 2.45) is 5.92 Å². The third-order valence-electron chi connectivity index (χ3n) is 3.79. The second kappa shape index (κ2) is 5.29. The molecule has 1 fully saturated rings. The summed E-state index contributed by atoms with van der Waals surface area (Å²) in [5, 5.41) is 3.43. The molecule has 0 atom stereocenters. The Hall–Kier alpha value is -1.42. The van der Waals surface area contributed by atoms with Gasteiger partial charge in [0.25, 0.3) is 0 Å². The van der Waals surface area contributed by atoms with Crippen molar-refractivity contribution in [2.75, 3.05) is 13.1 Å². The van der Waals surface area contributed by atoms with E-state index in [0.717, 1.165) is 30.8 Å². The fraction of sp³-hybridized carbons (Fsp3) is 0.600. The zero-order chi connectivity index (χ0) is 13.2. The Kier molecular flexibility index (Phi) is 3.51. The zero-order valence-electron chi connectivity index (χ0n) is 11.8. The van der Waals surface area contributed by atoms with E-state index in [0.29, 0.717) is 11.8 Å². The zero-order valence-corrected chi connectivity index (χ0v) is 11.8. The second-order valence-electron chi connectivity index (χ2n) is 5.84. The highest BCUT2D eigenvalue weighted by Gasteiger charge is 2.22. The SMILES string of the molecule is CC(C)Cn1c(C2CCNCC2)nc2cccnc21. The van der Waals surface area contributed by atoms with E-state index in [1.165, 1.54) is 18.7 Å². The van der Waals surface area contributed by atoms with Gasteiger partial charge in [0.05, 0.1) is 0 Å². The predicted molar refractivity (Wildman–Crippen MR) is 77.2 cm³/mol. The van der Waals surface area contributed by atoms with Gasteiger partial charge in [-0.2, -0.15) is 0 Å². The van der Waals surface area contributed by atoms with Crippen LogP contribution in [0.3, 0.4) is 0 Å². The number of hydrogen-bond acceptors (Lipinski definition) is 3. The van der Waals surface area contributed by atoms with Crippen molar-refractivity contribution in [3.63, 3.8) is 0 Å². The Bertz CT molecular complexity index is 552. The maximum atomic E-state index is 4.86. The minimum absolute atomic E-state index is 0.578. The summed E-state index contributed by atoms with van der Waals surface area (Å²) in [6.45, 7) is 7.71. The standard InChI is InChI=1S/C15H22N4/c1-11(2)10-19-14(12-5-8-16-9-6-12)18-13-4-3-7-17-15(13)19/h3-4,7,11-12,16H,5-6,8-10H2,1-2H3. The average molecular weight is 258 g/mol. The van der Waals surface area contributed by atoms with E-state index in [1.807, 2.05) is 12.3 Å². The summed E-state index contributed by atoms with van der Waals surface area (Å²) in [5.41, 5.74) is 2.08. The minimum atomic E-state index is 0.578. The Labute approximate surface area is 114 Å². The highest BCUT2D eigenvalue weighted by atomic mass is 15.1. The van der Waals surface area contributed by atoms with Crippen molar-refractivity contribution in [3.05, 3.63) is 24.2 Å². The Morgan fingerprint density at radius 3 is 2.89 bits per heavy atom. The fourth-order valence-electron chi connectivity index (χ4n) is 2.91. The maximum absolute atomic E-state index is 4.86. The topological polar surface area (TPSA) is 42.7 Å². The number of nitrogens with zero attached hydrogens (tertiary/aromatic N) is 3. The molecule has 1 aliphatic heterocycles. The Morgan fingerprint density at radius 2 is 2.16 bits per heavy atom. The van der Waals surface area contributed by atoms with Gasteiger partial charge in [0.1, 0.15) is 11.3 Å². The molecule has 0 aromatic carbocycles.